The summed E-state index contributed by atoms with van der Waals surface area (Å²) in [5.41, 5.74) is 1.15. The van der Waals surface area contributed by atoms with Crippen LogP contribution in [0.25, 0.3) is 0 Å². The van der Waals surface area contributed by atoms with Gasteiger partial charge in [0, 0.05) is 0 Å². The molecule has 1 aromatic rings. The summed E-state index contributed by atoms with van der Waals surface area (Å²) in [6.45, 7) is 0.683. The van der Waals surface area contributed by atoms with Crippen molar-refractivity contribution >= 4 is 11.6 Å². The van der Waals surface area contributed by atoms with Crippen molar-refractivity contribution in [1.29, 1.82) is 0 Å². The average Bonchev–Trinajstić information content (AvgIpc) is 1.90. The van der Waals surface area contributed by atoms with Crippen LogP contribution < -0.4 is 4.74 Å². The highest BCUT2D eigenvalue weighted by atomic mass is 35.5. The van der Waals surface area contributed by atoms with Gasteiger partial charge in [0.2, 0.25) is 0 Å². The van der Waals surface area contributed by atoms with Crippen LogP contribution in [0, 0.1) is 0 Å². The number of benzene rings is 1. The van der Waals surface area contributed by atoms with Crippen LogP contribution in [0.1, 0.15) is 5.56 Å². The zero-order chi connectivity index (χ0) is 6.27. The number of hydrogen-bond donors (Lipinski definition) is 0. The molecule has 0 N–H and O–H groups in total. The molecule has 1 nitrogen and oxygen atoms in total. The zero-order valence-electron chi connectivity index (χ0n) is 4.73. The molecule has 46 valence electrons. The minimum absolute atomic E-state index is 0.683. The highest BCUT2D eigenvalue weighted by Crippen LogP contribution is 2.30. The Morgan fingerprint density at radius 1 is 1.44 bits per heavy atom. The molecule has 2 heterocycles. The monoisotopic (exact) mass is 140 g/mol. The molecule has 0 aliphatic carbocycles. The third-order valence-electron chi connectivity index (χ3n) is 1.39. The average molecular weight is 141 g/mol. The standard InChI is InChI=1S/C7H5ClO/c8-6-3-5-1-2-7(6)9-4-5/h1-3H,4H2. The summed E-state index contributed by atoms with van der Waals surface area (Å²) in [5.74, 6) is 0.798. The van der Waals surface area contributed by atoms with Crippen molar-refractivity contribution in [2.45, 2.75) is 6.61 Å². The van der Waals surface area contributed by atoms with E-state index < -0.39 is 0 Å². The second kappa shape index (κ2) is 1.64. The summed E-state index contributed by atoms with van der Waals surface area (Å²) in [5, 5.41) is 0.721. The third kappa shape index (κ3) is 0.688. The lowest BCUT2D eigenvalue weighted by Crippen LogP contribution is -2.01. The molecule has 0 unspecified atom stereocenters. The van der Waals surface area contributed by atoms with E-state index in [2.05, 4.69) is 0 Å². The lowest BCUT2D eigenvalue weighted by molar-refractivity contribution is 0.295. The first kappa shape index (κ1) is 5.12. The van der Waals surface area contributed by atoms with Crippen LogP contribution in [0.3, 0.4) is 0 Å². The molecule has 0 radical (unpaired) electrons. The number of fused-ring (bicyclic) bond motifs is 3. The Balaban J connectivity index is 2.70. The normalized spacial score (nSPS) is 13.4. The Kier molecular flexibility index (Phi) is 0.935. The van der Waals surface area contributed by atoms with Crippen LogP contribution in [0.15, 0.2) is 18.2 Å². The number of halogens is 1. The Hall–Kier alpha value is -0.690. The molecule has 2 heteroatoms. The third-order valence-corrected chi connectivity index (χ3v) is 1.69. The van der Waals surface area contributed by atoms with E-state index in [1.165, 1.54) is 0 Å². The van der Waals surface area contributed by atoms with Gasteiger partial charge in [-0.15, -0.1) is 0 Å². The van der Waals surface area contributed by atoms with Gasteiger partial charge in [-0.1, -0.05) is 17.7 Å². The van der Waals surface area contributed by atoms with Gasteiger partial charge in [-0.3, -0.25) is 0 Å². The van der Waals surface area contributed by atoms with Crippen molar-refractivity contribution in [2.24, 2.45) is 0 Å². The highest BCUT2D eigenvalue weighted by molar-refractivity contribution is 6.32. The van der Waals surface area contributed by atoms with Crippen LogP contribution in [0.4, 0.5) is 0 Å². The Morgan fingerprint density at radius 2 is 2.33 bits per heavy atom. The fourth-order valence-corrected chi connectivity index (χ4v) is 1.17. The molecular formula is C7H5ClO. The van der Waals surface area contributed by atoms with Crippen LogP contribution in [0.2, 0.25) is 5.02 Å². The van der Waals surface area contributed by atoms with Gasteiger partial charge in [-0.05, 0) is 17.7 Å². The summed E-state index contributed by atoms with van der Waals surface area (Å²) >= 11 is 5.74. The molecule has 9 heavy (non-hydrogen) atoms. The van der Waals surface area contributed by atoms with E-state index >= 15 is 0 Å². The molecule has 0 amide bonds. The molecule has 0 atom stereocenters. The van der Waals surface area contributed by atoms with Crippen molar-refractivity contribution in [1.82, 2.24) is 0 Å². The Bertz CT molecular complexity index is 245. The van der Waals surface area contributed by atoms with Crippen LogP contribution in [-0.2, 0) is 6.61 Å². The van der Waals surface area contributed by atoms with Gasteiger partial charge >= 0.3 is 0 Å². The fraction of sp³-hybridized carbons (Fsp3) is 0.143. The van der Waals surface area contributed by atoms with Crippen molar-refractivity contribution < 1.29 is 4.74 Å². The molecule has 0 aromatic heterocycles. The fourth-order valence-electron chi connectivity index (χ4n) is 0.912. The molecule has 0 saturated heterocycles. The predicted octanol–water partition coefficient (Wildman–Crippen LogP) is 2.23. The summed E-state index contributed by atoms with van der Waals surface area (Å²) in [4.78, 5) is 0. The highest BCUT2D eigenvalue weighted by Gasteiger charge is 2.08. The summed E-state index contributed by atoms with van der Waals surface area (Å²) < 4.78 is 5.18. The molecule has 1 aromatic carbocycles. The maximum absolute atomic E-state index is 5.74. The van der Waals surface area contributed by atoms with Crippen molar-refractivity contribution in [3.63, 3.8) is 0 Å². The van der Waals surface area contributed by atoms with Crippen LogP contribution in [0.5, 0.6) is 5.75 Å². The lowest BCUT2D eigenvalue weighted by atomic mass is 10.2. The van der Waals surface area contributed by atoms with Gasteiger partial charge < -0.3 is 4.74 Å². The molecule has 3 rings (SSSR count). The quantitative estimate of drug-likeness (QED) is 0.537. The van der Waals surface area contributed by atoms with Crippen molar-refractivity contribution in [3.8, 4) is 5.75 Å². The first-order chi connectivity index (χ1) is 4.36. The van der Waals surface area contributed by atoms with Gasteiger partial charge in [0.05, 0.1) is 5.02 Å². The summed E-state index contributed by atoms with van der Waals surface area (Å²) in [7, 11) is 0. The Labute approximate surface area is 58.2 Å². The lowest BCUT2D eigenvalue weighted by Gasteiger charge is -2.14. The summed E-state index contributed by atoms with van der Waals surface area (Å²) in [6, 6.07) is 5.84. The largest absolute Gasteiger partial charge is 0.487 e. The number of hydrogen-bond acceptors (Lipinski definition) is 1. The maximum Gasteiger partial charge on any atom is 0.138 e. The van der Waals surface area contributed by atoms with E-state index in [1.54, 1.807) is 0 Å². The zero-order valence-corrected chi connectivity index (χ0v) is 5.48. The summed E-state index contributed by atoms with van der Waals surface area (Å²) in [6.07, 6.45) is 0. The smallest absolute Gasteiger partial charge is 0.138 e. The number of ether oxygens (including phenoxy) is 1. The Morgan fingerprint density at radius 3 is 2.56 bits per heavy atom. The van der Waals surface area contributed by atoms with Gasteiger partial charge in [-0.25, -0.2) is 0 Å². The van der Waals surface area contributed by atoms with E-state index in [9.17, 15) is 0 Å². The van der Waals surface area contributed by atoms with Gasteiger partial charge in [0.25, 0.3) is 0 Å². The minimum Gasteiger partial charge on any atom is -0.487 e. The first-order valence-corrected chi connectivity index (χ1v) is 3.15. The maximum atomic E-state index is 5.74. The van der Waals surface area contributed by atoms with E-state index in [0.29, 0.717) is 6.61 Å². The second-order valence-corrected chi connectivity index (χ2v) is 2.46. The van der Waals surface area contributed by atoms with Gasteiger partial charge in [0.15, 0.2) is 0 Å². The van der Waals surface area contributed by atoms with Crippen LogP contribution in [-0.4, -0.2) is 0 Å². The molecule has 2 aliphatic rings. The predicted molar refractivity (Wildman–Crippen MR) is 35.8 cm³/mol. The van der Waals surface area contributed by atoms with E-state index in [-0.39, 0.29) is 0 Å². The van der Waals surface area contributed by atoms with E-state index in [4.69, 9.17) is 16.3 Å². The van der Waals surface area contributed by atoms with E-state index in [1.807, 2.05) is 18.2 Å². The minimum atomic E-state index is 0.683. The first-order valence-electron chi connectivity index (χ1n) is 2.77. The molecule has 0 spiro atoms. The molecule has 2 bridgehead atoms. The second-order valence-electron chi connectivity index (χ2n) is 2.05. The molecule has 2 aliphatic heterocycles. The van der Waals surface area contributed by atoms with Gasteiger partial charge in [0.1, 0.15) is 12.4 Å². The van der Waals surface area contributed by atoms with Gasteiger partial charge in [-0.2, -0.15) is 0 Å². The van der Waals surface area contributed by atoms with Crippen molar-refractivity contribution in [2.75, 3.05) is 0 Å². The van der Waals surface area contributed by atoms with E-state index in [0.717, 1.165) is 16.3 Å². The topological polar surface area (TPSA) is 9.23 Å². The molecule has 0 saturated carbocycles. The molecule has 0 fully saturated rings. The van der Waals surface area contributed by atoms with Crippen LogP contribution >= 0.6 is 11.6 Å². The van der Waals surface area contributed by atoms with Crippen molar-refractivity contribution in [3.05, 3.63) is 28.8 Å². The number of rotatable bonds is 0. The SMILES string of the molecule is Clc1cc2ccc1OC2. The molecular weight excluding hydrogens is 136 g/mol.